The van der Waals surface area contributed by atoms with Gasteiger partial charge in [0.05, 0.1) is 22.6 Å². The van der Waals surface area contributed by atoms with Crippen LogP contribution in [0.5, 0.6) is 0 Å². The molecule has 3 amide bonds. The van der Waals surface area contributed by atoms with Crippen molar-refractivity contribution in [3.63, 3.8) is 0 Å². The Morgan fingerprint density at radius 3 is 2.54 bits per heavy atom. The minimum absolute atomic E-state index is 0.0614. The summed E-state index contributed by atoms with van der Waals surface area (Å²) in [4.78, 5) is 30.8. The highest BCUT2D eigenvalue weighted by molar-refractivity contribution is 6.42. The van der Waals surface area contributed by atoms with E-state index in [2.05, 4.69) is 21.5 Å². The number of nitrogens with zero attached hydrogens (tertiary/aromatic N) is 3. The van der Waals surface area contributed by atoms with Crippen molar-refractivity contribution in [2.24, 2.45) is 0 Å². The Balaban J connectivity index is 1.49. The molecule has 2 saturated heterocycles. The summed E-state index contributed by atoms with van der Waals surface area (Å²) in [7, 11) is 0. The van der Waals surface area contributed by atoms with E-state index in [-0.39, 0.29) is 18.0 Å². The smallest absolute Gasteiger partial charge is 0.321 e. The van der Waals surface area contributed by atoms with Crippen LogP contribution in [0.4, 0.5) is 10.5 Å². The van der Waals surface area contributed by atoms with Crippen LogP contribution in [0.2, 0.25) is 10.0 Å². The number of urea groups is 1. The first kappa shape index (κ1) is 20.7. The van der Waals surface area contributed by atoms with Crippen LogP contribution < -0.4 is 10.6 Å². The summed E-state index contributed by atoms with van der Waals surface area (Å²) in [5, 5.41) is 6.89. The van der Waals surface area contributed by atoms with E-state index in [0.29, 0.717) is 55.0 Å². The van der Waals surface area contributed by atoms with Gasteiger partial charge in [0.15, 0.2) is 0 Å². The van der Waals surface area contributed by atoms with Gasteiger partial charge in [-0.1, -0.05) is 29.1 Å². The number of rotatable bonds is 3. The molecule has 1 aromatic rings. The number of amides is 3. The molecule has 2 fully saturated rings. The largest absolute Gasteiger partial charge is 0.338 e. The van der Waals surface area contributed by atoms with Gasteiger partial charge in [0.1, 0.15) is 0 Å². The van der Waals surface area contributed by atoms with Crippen molar-refractivity contribution in [2.45, 2.75) is 6.04 Å². The van der Waals surface area contributed by atoms with Crippen LogP contribution in [0.1, 0.15) is 0 Å². The number of carbonyl (C=O) groups is 2. The van der Waals surface area contributed by atoms with Gasteiger partial charge in [-0.2, -0.15) is 0 Å². The first-order valence-electron chi connectivity index (χ1n) is 9.17. The summed E-state index contributed by atoms with van der Waals surface area (Å²) in [5.74, 6) is 2.69. The van der Waals surface area contributed by atoms with Crippen LogP contribution in [-0.2, 0) is 4.79 Å². The molecule has 0 spiro atoms. The maximum absolute atomic E-state index is 12.8. The highest BCUT2D eigenvalue weighted by Gasteiger charge is 2.31. The first-order valence-corrected chi connectivity index (χ1v) is 9.92. The molecule has 0 unspecified atom stereocenters. The molecule has 0 bridgehead atoms. The third kappa shape index (κ3) is 5.09. The van der Waals surface area contributed by atoms with E-state index >= 15 is 0 Å². The Morgan fingerprint density at radius 2 is 1.86 bits per heavy atom. The van der Waals surface area contributed by atoms with E-state index < -0.39 is 0 Å². The minimum Gasteiger partial charge on any atom is -0.338 e. The highest BCUT2D eigenvalue weighted by Crippen LogP contribution is 2.25. The lowest BCUT2D eigenvalue weighted by Crippen LogP contribution is -2.60. The zero-order valence-electron chi connectivity index (χ0n) is 15.5. The minimum atomic E-state index is -0.251. The lowest BCUT2D eigenvalue weighted by atomic mass is 10.1. The molecule has 7 nitrogen and oxygen atoms in total. The maximum atomic E-state index is 12.8. The average molecular weight is 424 g/mol. The van der Waals surface area contributed by atoms with E-state index in [4.69, 9.17) is 29.6 Å². The van der Waals surface area contributed by atoms with Crippen molar-refractivity contribution < 1.29 is 9.59 Å². The standard InChI is InChI=1S/C19H23Cl2N5O2/c1-2-6-24-7-5-22-17(13-24)18(27)25-8-10-26(11-9-25)19(28)23-14-3-4-15(20)16(21)12-14/h1,3-4,12,17,22H,5-11,13H2,(H,23,28)/t17-/m1/s1. The molecule has 9 heteroatoms. The highest BCUT2D eigenvalue weighted by atomic mass is 35.5. The van der Waals surface area contributed by atoms with E-state index in [1.54, 1.807) is 28.0 Å². The van der Waals surface area contributed by atoms with Gasteiger partial charge in [-0.25, -0.2) is 4.79 Å². The number of carbonyl (C=O) groups excluding carboxylic acids is 2. The molecule has 2 aliphatic rings. The number of hydrogen-bond donors (Lipinski definition) is 2. The molecule has 1 atom stereocenters. The Morgan fingerprint density at radius 1 is 1.14 bits per heavy atom. The molecule has 150 valence electrons. The fourth-order valence-corrected chi connectivity index (χ4v) is 3.67. The fourth-order valence-electron chi connectivity index (χ4n) is 3.38. The second-order valence-corrected chi connectivity index (χ2v) is 7.63. The van der Waals surface area contributed by atoms with Crippen LogP contribution >= 0.6 is 23.2 Å². The van der Waals surface area contributed by atoms with Gasteiger partial charge in [-0.15, -0.1) is 6.42 Å². The van der Waals surface area contributed by atoms with E-state index in [1.165, 1.54) is 0 Å². The number of terminal acetylenes is 1. The molecule has 0 aliphatic carbocycles. The third-order valence-corrected chi connectivity index (χ3v) is 5.66. The number of anilines is 1. The van der Waals surface area contributed by atoms with Gasteiger partial charge in [0.25, 0.3) is 0 Å². The van der Waals surface area contributed by atoms with Gasteiger partial charge < -0.3 is 20.4 Å². The second kappa shape index (κ2) is 9.48. The molecule has 2 heterocycles. The van der Waals surface area contributed by atoms with Crippen molar-refractivity contribution in [2.75, 3.05) is 57.7 Å². The molecule has 1 aromatic carbocycles. The van der Waals surface area contributed by atoms with Crippen molar-refractivity contribution >= 4 is 40.8 Å². The lowest BCUT2D eigenvalue weighted by Gasteiger charge is -2.39. The summed E-state index contributed by atoms with van der Waals surface area (Å²) >= 11 is 11.9. The summed E-state index contributed by atoms with van der Waals surface area (Å²) in [6.45, 7) is 4.69. The predicted molar refractivity (Wildman–Crippen MR) is 111 cm³/mol. The molecule has 0 saturated carbocycles. The summed E-state index contributed by atoms with van der Waals surface area (Å²) in [6.07, 6.45) is 5.37. The average Bonchev–Trinajstić information content (AvgIpc) is 2.71. The number of benzene rings is 1. The number of nitrogens with one attached hydrogen (secondary N) is 2. The van der Waals surface area contributed by atoms with Gasteiger partial charge in [0.2, 0.25) is 5.91 Å². The maximum Gasteiger partial charge on any atom is 0.321 e. The van der Waals surface area contributed by atoms with Crippen molar-refractivity contribution in [1.82, 2.24) is 20.0 Å². The van der Waals surface area contributed by atoms with Gasteiger partial charge >= 0.3 is 6.03 Å². The molecule has 28 heavy (non-hydrogen) atoms. The molecule has 0 aromatic heterocycles. The zero-order chi connectivity index (χ0) is 20.1. The van der Waals surface area contributed by atoms with Crippen LogP contribution in [-0.4, -0.2) is 85.0 Å². The SMILES string of the molecule is C#CCN1CCN[C@@H](C(=O)N2CCN(C(=O)Nc3ccc(Cl)c(Cl)c3)CC2)C1. The topological polar surface area (TPSA) is 67.9 Å². The van der Waals surface area contributed by atoms with E-state index in [1.807, 2.05) is 0 Å². The second-order valence-electron chi connectivity index (χ2n) is 6.82. The van der Waals surface area contributed by atoms with Gasteiger partial charge in [0, 0.05) is 51.5 Å². The Hall–Kier alpha value is -1.98. The van der Waals surface area contributed by atoms with Crippen LogP contribution in [0.3, 0.4) is 0 Å². The monoisotopic (exact) mass is 423 g/mol. The molecule has 2 aliphatic heterocycles. The molecule has 2 N–H and O–H groups in total. The van der Waals surface area contributed by atoms with Crippen molar-refractivity contribution in [1.29, 1.82) is 0 Å². The Labute approximate surface area is 174 Å². The molecular weight excluding hydrogens is 401 g/mol. The number of halogens is 2. The number of hydrogen-bond acceptors (Lipinski definition) is 4. The number of piperazine rings is 2. The van der Waals surface area contributed by atoms with Crippen LogP contribution in [0.15, 0.2) is 18.2 Å². The molecule has 0 radical (unpaired) electrons. The van der Waals surface area contributed by atoms with Crippen molar-refractivity contribution in [3.05, 3.63) is 28.2 Å². The Kier molecular flexibility index (Phi) is 7.03. The van der Waals surface area contributed by atoms with Gasteiger partial charge in [-0.05, 0) is 18.2 Å². The zero-order valence-corrected chi connectivity index (χ0v) is 17.0. The van der Waals surface area contributed by atoms with Crippen LogP contribution in [0, 0.1) is 12.3 Å². The fraction of sp³-hybridized carbons (Fsp3) is 0.474. The predicted octanol–water partition coefficient (Wildman–Crippen LogP) is 1.58. The lowest BCUT2D eigenvalue weighted by molar-refractivity contribution is -0.136. The van der Waals surface area contributed by atoms with E-state index in [0.717, 1.165) is 13.1 Å². The van der Waals surface area contributed by atoms with Gasteiger partial charge in [-0.3, -0.25) is 9.69 Å². The Bertz CT molecular complexity index is 774. The first-order chi connectivity index (χ1) is 13.5. The summed E-state index contributed by atoms with van der Waals surface area (Å²) in [5.41, 5.74) is 0.581. The third-order valence-electron chi connectivity index (χ3n) is 4.92. The summed E-state index contributed by atoms with van der Waals surface area (Å²) in [6, 6.07) is 4.47. The summed E-state index contributed by atoms with van der Waals surface area (Å²) < 4.78 is 0. The van der Waals surface area contributed by atoms with Crippen molar-refractivity contribution in [3.8, 4) is 12.3 Å². The normalized spacial score (nSPS) is 20.5. The quantitative estimate of drug-likeness (QED) is 0.724. The molecule has 3 rings (SSSR count). The van der Waals surface area contributed by atoms with E-state index in [9.17, 15) is 9.59 Å². The molecular formula is C19H23Cl2N5O2. The van der Waals surface area contributed by atoms with Crippen LogP contribution in [0.25, 0.3) is 0 Å².